The van der Waals surface area contributed by atoms with Crippen molar-refractivity contribution in [1.29, 1.82) is 0 Å². The number of benzene rings is 2. The number of pyridine rings is 1. The zero-order valence-electron chi connectivity index (χ0n) is 22.7. The molecule has 0 aliphatic rings. The Kier molecular flexibility index (Phi) is 9.54. The molecule has 1 heterocycles. The lowest BCUT2D eigenvalue weighted by atomic mass is 10.1. The Labute approximate surface area is 223 Å². The number of methoxy groups -OCH3 is 2. The number of hydrogen-bond donors (Lipinski definition) is 1. The molecule has 3 rings (SSSR count). The zero-order valence-corrected chi connectivity index (χ0v) is 22.7. The average molecular weight is 522 g/mol. The summed E-state index contributed by atoms with van der Waals surface area (Å²) in [7, 11) is 3.10. The van der Waals surface area contributed by atoms with E-state index in [1.165, 1.54) is 12.0 Å². The van der Waals surface area contributed by atoms with Crippen LogP contribution in [0.1, 0.15) is 34.1 Å². The van der Waals surface area contributed by atoms with Gasteiger partial charge in [-0.3, -0.25) is 9.69 Å². The first kappa shape index (κ1) is 28.3. The maximum atomic E-state index is 13.0. The third-order valence-electron chi connectivity index (χ3n) is 5.35. The van der Waals surface area contributed by atoms with Crippen LogP contribution in [-0.2, 0) is 9.53 Å². The standard InChI is InChI=1S/C29H35N3O6/c1-7-37-23-12-8-20(9-13-23)27-24(16-17-26(31-27)36-6)30-25(33)18-19-32(28(34)38-29(2,3)4)21-10-14-22(35-5)15-11-21/h8-17H,7,18-19H2,1-6H3,(H,30,33). The van der Waals surface area contributed by atoms with Crippen molar-refractivity contribution in [3.05, 3.63) is 60.7 Å². The number of amides is 2. The van der Waals surface area contributed by atoms with E-state index in [0.29, 0.717) is 35.3 Å². The molecule has 0 aliphatic heterocycles. The molecular weight excluding hydrogens is 486 g/mol. The van der Waals surface area contributed by atoms with E-state index in [1.54, 1.807) is 64.3 Å². The molecule has 0 fully saturated rings. The fourth-order valence-electron chi connectivity index (χ4n) is 3.58. The van der Waals surface area contributed by atoms with E-state index >= 15 is 0 Å². The van der Waals surface area contributed by atoms with E-state index < -0.39 is 11.7 Å². The number of ether oxygens (including phenoxy) is 4. The summed E-state index contributed by atoms with van der Waals surface area (Å²) >= 11 is 0. The molecule has 2 aromatic carbocycles. The van der Waals surface area contributed by atoms with Gasteiger partial charge in [0.1, 0.15) is 17.1 Å². The van der Waals surface area contributed by atoms with Crippen LogP contribution in [0, 0.1) is 0 Å². The molecule has 202 valence electrons. The normalized spacial score (nSPS) is 10.9. The van der Waals surface area contributed by atoms with Gasteiger partial charge < -0.3 is 24.3 Å². The molecule has 3 aromatic rings. The second-order valence-electron chi connectivity index (χ2n) is 9.34. The molecule has 0 atom stereocenters. The van der Waals surface area contributed by atoms with Crippen molar-refractivity contribution >= 4 is 23.4 Å². The molecule has 0 saturated heterocycles. The van der Waals surface area contributed by atoms with Gasteiger partial charge in [0.2, 0.25) is 11.8 Å². The molecule has 0 spiro atoms. The van der Waals surface area contributed by atoms with Crippen molar-refractivity contribution in [2.75, 3.05) is 37.6 Å². The number of rotatable bonds is 10. The smallest absolute Gasteiger partial charge is 0.414 e. The minimum absolute atomic E-state index is 0.0278. The fourth-order valence-corrected chi connectivity index (χ4v) is 3.58. The monoisotopic (exact) mass is 521 g/mol. The van der Waals surface area contributed by atoms with E-state index in [9.17, 15) is 9.59 Å². The Bertz CT molecular complexity index is 1220. The van der Waals surface area contributed by atoms with Crippen LogP contribution in [0.5, 0.6) is 17.4 Å². The molecule has 1 aromatic heterocycles. The van der Waals surface area contributed by atoms with Crippen LogP contribution in [0.3, 0.4) is 0 Å². The van der Waals surface area contributed by atoms with Crippen molar-refractivity contribution in [3.8, 4) is 28.6 Å². The molecule has 0 aliphatic carbocycles. The van der Waals surface area contributed by atoms with Crippen LogP contribution in [0.4, 0.5) is 16.2 Å². The summed E-state index contributed by atoms with van der Waals surface area (Å²) in [5.74, 6) is 1.53. The van der Waals surface area contributed by atoms with Gasteiger partial charge >= 0.3 is 6.09 Å². The molecule has 2 amide bonds. The van der Waals surface area contributed by atoms with Gasteiger partial charge in [0.25, 0.3) is 0 Å². The third-order valence-corrected chi connectivity index (χ3v) is 5.35. The van der Waals surface area contributed by atoms with Gasteiger partial charge in [0, 0.05) is 30.3 Å². The van der Waals surface area contributed by atoms with E-state index in [-0.39, 0.29) is 18.9 Å². The maximum absolute atomic E-state index is 13.0. The van der Waals surface area contributed by atoms with Gasteiger partial charge in [-0.05, 0) is 82.3 Å². The van der Waals surface area contributed by atoms with Crippen LogP contribution >= 0.6 is 0 Å². The third kappa shape index (κ3) is 7.86. The number of aromatic nitrogens is 1. The first-order chi connectivity index (χ1) is 18.1. The van der Waals surface area contributed by atoms with E-state index in [1.807, 2.05) is 31.2 Å². The quantitative estimate of drug-likeness (QED) is 0.353. The second-order valence-corrected chi connectivity index (χ2v) is 9.34. The summed E-state index contributed by atoms with van der Waals surface area (Å²) in [6.07, 6.45) is -0.517. The largest absolute Gasteiger partial charge is 0.497 e. The predicted octanol–water partition coefficient (Wildman–Crippen LogP) is 5.93. The number of anilines is 2. The maximum Gasteiger partial charge on any atom is 0.414 e. The van der Waals surface area contributed by atoms with Crippen LogP contribution in [0.15, 0.2) is 60.7 Å². The Balaban J connectivity index is 1.79. The molecule has 0 radical (unpaired) electrons. The van der Waals surface area contributed by atoms with Crippen LogP contribution in [-0.4, -0.2) is 50.0 Å². The number of hydrogen-bond acceptors (Lipinski definition) is 7. The molecule has 0 bridgehead atoms. The minimum Gasteiger partial charge on any atom is -0.497 e. The van der Waals surface area contributed by atoms with Crippen LogP contribution in [0.2, 0.25) is 0 Å². The zero-order chi connectivity index (χ0) is 27.7. The summed E-state index contributed by atoms with van der Waals surface area (Å²) in [5, 5.41) is 2.93. The van der Waals surface area contributed by atoms with E-state index in [0.717, 1.165) is 11.3 Å². The number of nitrogens with one attached hydrogen (secondary N) is 1. The summed E-state index contributed by atoms with van der Waals surface area (Å²) in [4.78, 5) is 32.0. The number of carbonyl (C=O) groups excluding carboxylic acids is 2. The summed E-state index contributed by atoms with van der Waals surface area (Å²) < 4.78 is 21.6. The lowest BCUT2D eigenvalue weighted by molar-refractivity contribution is -0.116. The molecular formula is C29H35N3O6. The van der Waals surface area contributed by atoms with Crippen molar-refractivity contribution in [1.82, 2.24) is 4.98 Å². The number of carbonyl (C=O) groups is 2. The average Bonchev–Trinajstić information content (AvgIpc) is 2.89. The Morgan fingerprint density at radius 1 is 0.895 bits per heavy atom. The van der Waals surface area contributed by atoms with Crippen LogP contribution < -0.4 is 24.4 Å². The molecule has 38 heavy (non-hydrogen) atoms. The summed E-state index contributed by atoms with van der Waals surface area (Å²) in [6, 6.07) is 17.8. The Morgan fingerprint density at radius 3 is 2.13 bits per heavy atom. The summed E-state index contributed by atoms with van der Waals surface area (Å²) in [6.45, 7) is 7.97. The molecule has 1 N–H and O–H groups in total. The van der Waals surface area contributed by atoms with Gasteiger partial charge in [0.15, 0.2) is 0 Å². The van der Waals surface area contributed by atoms with Crippen LogP contribution in [0.25, 0.3) is 11.3 Å². The highest BCUT2D eigenvalue weighted by molar-refractivity contribution is 5.96. The Hall–Kier alpha value is -4.27. The predicted molar refractivity (Wildman–Crippen MR) is 147 cm³/mol. The molecule has 9 nitrogen and oxygen atoms in total. The second kappa shape index (κ2) is 12.8. The lowest BCUT2D eigenvalue weighted by Crippen LogP contribution is -2.38. The topological polar surface area (TPSA) is 99.2 Å². The van der Waals surface area contributed by atoms with Gasteiger partial charge in [-0.25, -0.2) is 9.78 Å². The van der Waals surface area contributed by atoms with Gasteiger partial charge in [0.05, 0.1) is 32.2 Å². The molecule has 0 saturated carbocycles. The minimum atomic E-state index is -0.689. The van der Waals surface area contributed by atoms with E-state index in [2.05, 4.69) is 10.3 Å². The van der Waals surface area contributed by atoms with Crippen molar-refractivity contribution in [2.45, 2.75) is 39.7 Å². The molecule has 0 unspecified atom stereocenters. The van der Waals surface area contributed by atoms with Crippen molar-refractivity contribution in [2.24, 2.45) is 0 Å². The lowest BCUT2D eigenvalue weighted by Gasteiger charge is -2.27. The van der Waals surface area contributed by atoms with Gasteiger partial charge in [-0.1, -0.05) is 0 Å². The van der Waals surface area contributed by atoms with Gasteiger partial charge in [-0.15, -0.1) is 0 Å². The van der Waals surface area contributed by atoms with Crippen molar-refractivity contribution in [3.63, 3.8) is 0 Å². The first-order valence-electron chi connectivity index (χ1n) is 12.4. The highest BCUT2D eigenvalue weighted by Gasteiger charge is 2.24. The highest BCUT2D eigenvalue weighted by Crippen LogP contribution is 2.30. The van der Waals surface area contributed by atoms with E-state index in [4.69, 9.17) is 18.9 Å². The van der Waals surface area contributed by atoms with Gasteiger partial charge in [-0.2, -0.15) is 0 Å². The van der Waals surface area contributed by atoms with Crippen molar-refractivity contribution < 1.29 is 28.5 Å². The summed E-state index contributed by atoms with van der Waals surface area (Å²) in [5.41, 5.74) is 1.77. The SMILES string of the molecule is CCOc1ccc(-c2nc(OC)ccc2NC(=O)CCN(C(=O)OC(C)(C)C)c2ccc(OC)cc2)cc1. The fraction of sp³-hybridized carbons (Fsp3) is 0.345. The number of nitrogens with zero attached hydrogens (tertiary/aromatic N) is 2. The molecule has 9 heteroatoms. The first-order valence-corrected chi connectivity index (χ1v) is 12.4. The highest BCUT2D eigenvalue weighted by atomic mass is 16.6. The Morgan fingerprint density at radius 2 is 1.55 bits per heavy atom.